The van der Waals surface area contributed by atoms with E-state index in [4.69, 9.17) is 4.74 Å². The number of carbonyl (C=O) groups excluding carboxylic acids is 1. The Hall–Kier alpha value is -3.02. The third kappa shape index (κ3) is 6.33. The number of carbonyl (C=O) groups is 1. The van der Waals surface area contributed by atoms with Crippen LogP contribution >= 0.6 is 0 Å². The van der Waals surface area contributed by atoms with E-state index in [0.29, 0.717) is 23.6 Å². The van der Waals surface area contributed by atoms with Crippen molar-refractivity contribution in [1.82, 2.24) is 10.6 Å². The van der Waals surface area contributed by atoms with Crippen LogP contribution in [-0.4, -0.2) is 38.1 Å². The molecule has 3 rings (SSSR count). The molecule has 6 heteroatoms. The Morgan fingerprint density at radius 1 is 1.15 bits per heavy atom. The highest BCUT2D eigenvalue weighted by Gasteiger charge is 2.06. The molecule has 0 unspecified atom stereocenters. The number of nitrogens with zero attached hydrogens (tertiary/aromatic N) is 1. The standard InChI is InChI=1S/C21H25N4O2/c26-20(17-8-2-1-3-9-17)25-18-10-6-11-19(16-18)27-15-5-4-12-22-21-23-13-7-14-24-21/h1-3,6,8-11H,4-5,7,12-15H2,(H,25,26)(H2,22,23,24). The van der Waals surface area contributed by atoms with Gasteiger partial charge < -0.3 is 20.7 Å². The number of anilines is 1. The van der Waals surface area contributed by atoms with E-state index < -0.39 is 0 Å². The van der Waals surface area contributed by atoms with Crippen LogP contribution < -0.4 is 20.7 Å². The quantitative estimate of drug-likeness (QED) is 0.629. The zero-order valence-electron chi connectivity index (χ0n) is 15.3. The zero-order valence-corrected chi connectivity index (χ0v) is 15.3. The van der Waals surface area contributed by atoms with Crippen molar-refractivity contribution in [2.75, 3.05) is 31.6 Å². The average Bonchev–Trinajstić information content (AvgIpc) is 2.72. The van der Waals surface area contributed by atoms with Gasteiger partial charge in [-0.1, -0.05) is 24.3 Å². The summed E-state index contributed by atoms with van der Waals surface area (Å²) >= 11 is 0. The molecule has 141 valence electrons. The molecule has 0 saturated carbocycles. The van der Waals surface area contributed by atoms with Crippen molar-refractivity contribution in [3.8, 4) is 5.75 Å². The van der Waals surface area contributed by atoms with Crippen molar-refractivity contribution in [3.05, 3.63) is 60.2 Å². The van der Waals surface area contributed by atoms with Crippen LogP contribution in [0.3, 0.4) is 0 Å². The van der Waals surface area contributed by atoms with Crippen molar-refractivity contribution >= 4 is 17.6 Å². The van der Waals surface area contributed by atoms with Crippen molar-refractivity contribution in [2.45, 2.75) is 19.3 Å². The Bertz CT molecular complexity index is 762. The van der Waals surface area contributed by atoms with E-state index in [9.17, 15) is 4.79 Å². The molecule has 0 fully saturated rings. The summed E-state index contributed by atoms with van der Waals surface area (Å²) in [5.74, 6) is 1.37. The van der Waals surface area contributed by atoms with Crippen LogP contribution in [0.15, 0.2) is 53.5 Å². The van der Waals surface area contributed by atoms with Gasteiger partial charge in [0, 0.05) is 25.2 Å². The number of aliphatic imine (C=N–C) groups is 1. The number of rotatable bonds is 8. The van der Waals surface area contributed by atoms with Crippen LogP contribution in [0.4, 0.5) is 5.69 Å². The first-order chi connectivity index (χ1) is 13.3. The van der Waals surface area contributed by atoms with Gasteiger partial charge in [-0.15, -0.1) is 0 Å². The monoisotopic (exact) mass is 365 g/mol. The molecule has 1 aliphatic rings. The fourth-order valence-electron chi connectivity index (χ4n) is 2.66. The lowest BCUT2D eigenvalue weighted by Gasteiger charge is -2.15. The van der Waals surface area contributed by atoms with E-state index in [2.05, 4.69) is 27.0 Å². The Kier molecular flexibility index (Phi) is 7.09. The highest BCUT2D eigenvalue weighted by molar-refractivity contribution is 6.04. The highest BCUT2D eigenvalue weighted by Crippen LogP contribution is 2.17. The van der Waals surface area contributed by atoms with Crippen molar-refractivity contribution in [3.63, 3.8) is 0 Å². The number of ether oxygens (including phenoxy) is 1. The van der Waals surface area contributed by atoms with Gasteiger partial charge in [-0.2, -0.15) is 0 Å². The van der Waals surface area contributed by atoms with Gasteiger partial charge in [-0.05, 0) is 43.5 Å². The highest BCUT2D eigenvalue weighted by atomic mass is 16.5. The summed E-state index contributed by atoms with van der Waals surface area (Å²) < 4.78 is 5.75. The number of unbranched alkanes of at least 4 members (excludes halogenated alkanes) is 1. The number of nitrogens with one attached hydrogen (secondary N) is 3. The molecule has 1 aliphatic heterocycles. The van der Waals surface area contributed by atoms with Crippen LogP contribution in [0, 0.1) is 6.07 Å². The van der Waals surface area contributed by atoms with Crippen molar-refractivity contribution < 1.29 is 9.53 Å². The Morgan fingerprint density at radius 3 is 2.85 bits per heavy atom. The molecule has 27 heavy (non-hydrogen) atoms. The SMILES string of the molecule is O=C(Nc1[c]c(OCCCCNC2=NCCCN2)ccc1)c1ccccc1. The minimum absolute atomic E-state index is 0.158. The molecule has 2 aromatic carbocycles. The maximum Gasteiger partial charge on any atom is 0.255 e. The van der Waals surface area contributed by atoms with E-state index in [1.54, 1.807) is 18.2 Å². The van der Waals surface area contributed by atoms with Crippen LogP contribution in [0.5, 0.6) is 5.75 Å². The first kappa shape index (κ1) is 18.8. The second kappa shape index (κ2) is 10.2. The predicted octanol–water partition coefficient (Wildman–Crippen LogP) is 2.84. The topological polar surface area (TPSA) is 74.8 Å². The largest absolute Gasteiger partial charge is 0.493 e. The van der Waals surface area contributed by atoms with Crippen molar-refractivity contribution in [2.24, 2.45) is 4.99 Å². The van der Waals surface area contributed by atoms with Gasteiger partial charge in [0.2, 0.25) is 0 Å². The Morgan fingerprint density at radius 2 is 2.04 bits per heavy atom. The van der Waals surface area contributed by atoms with Gasteiger partial charge in [-0.3, -0.25) is 9.79 Å². The molecule has 6 nitrogen and oxygen atoms in total. The van der Waals surface area contributed by atoms with E-state index in [-0.39, 0.29) is 5.91 Å². The maximum atomic E-state index is 12.2. The predicted molar refractivity (Wildman–Crippen MR) is 107 cm³/mol. The molecule has 0 aromatic heterocycles. The zero-order chi connectivity index (χ0) is 18.7. The lowest BCUT2D eigenvalue weighted by molar-refractivity contribution is 0.102. The summed E-state index contributed by atoms with van der Waals surface area (Å²) in [7, 11) is 0. The minimum atomic E-state index is -0.158. The normalized spacial score (nSPS) is 13.3. The second-order valence-electron chi connectivity index (χ2n) is 6.24. The fourth-order valence-corrected chi connectivity index (χ4v) is 2.66. The number of benzene rings is 2. The number of amides is 1. The van der Waals surface area contributed by atoms with Gasteiger partial charge in [0.25, 0.3) is 5.91 Å². The first-order valence-electron chi connectivity index (χ1n) is 9.35. The third-order valence-electron chi connectivity index (χ3n) is 4.07. The van der Waals surface area contributed by atoms with Gasteiger partial charge in [-0.25, -0.2) is 0 Å². The maximum absolute atomic E-state index is 12.2. The molecule has 1 heterocycles. The van der Waals surface area contributed by atoms with Gasteiger partial charge >= 0.3 is 0 Å². The Balaban J connectivity index is 1.37. The summed E-state index contributed by atoms with van der Waals surface area (Å²) in [5, 5.41) is 9.37. The number of hydrogen-bond acceptors (Lipinski definition) is 5. The molecule has 0 saturated heterocycles. The third-order valence-corrected chi connectivity index (χ3v) is 4.07. The number of guanidine groups is 1. The van der Waals surface area contributed by atoms with E-state index >= 15 is 0 Å². The summed E-state index contributed by atoms with van der Waals surface area (Å²) in [4.78, 5) is 16.6. The van der Waals surface area contributed by atoms with Gasteiger partial charge in [0.05, 0.1) is 18.4 Å². The molecule has 0 aliphatic carbocycles. The van der Waals surface area contributed by atoms with E-state index in [0.717, 1.165) is 44.9 Å². The average molecular weight is 365 g/mol. The first-order valence-corrected chi connectivity index (χ1v) is 9.35. The molecule has 3 N–H and O–H groups in total. The molecule has 1 radical (unpaired) electrons. The van der Waals surface area contributed by atoms with Gasteiger partial charge in [0.1, 0.15) is 5.75 Å². The van der Waals surface area contributed by atoms with Crippen LogP contribution in [0.25, 0.3) is 0 Å². The Labute approximate surface area is 160 Å². The van der Waals surface area contributed by atoms with Crippen molar-refractivity contribution in [1.29, 1.82) is 0 Å². The molecular weight excluding hydrogens is 340 g/mol. The molecule has 1 amide bonds. The summed E-state index contributed by atoms with van der Waals surface area (Å²) in [6.45, 7) is 3.35. The van der Waals surface area contributed by atoms with Crippen LogP contribution in [0.2, 0.25) is 0 Å². The summed E-state index contributed by atoms with van der Waals surface area (Å²) in [6, 6.07) is 17.7. The molecule has 0 atom stereocenters. The lowest BCUT2D eigenvalue weighted by Crippen LogP contribution is -2.41. The smallest absolute Gasteiger partial charge is 0.255 e. The van der Waals surface area contributed by atoms with E-state index in [1.807, 2.05) is 30.3 Å². The fraction of sp³-hybridized carbons (Fsp3) is 0.333. The number of hydrogen-bond donors (Lipinski definition) is 3. The lowest BCUT2D eigenvalue weighted by atomic mass is 10.2. The van der Waals surface area contributed by atoms with Gasteiger partial charge in [0.15, 0.2) is 5.96 Å². The molecule has 2 aromatic rings. The summed E-state index contributed by atoms with van der Waals surface area (Å²) in [5.41, 5.74) is 1.21. The van der Waals surface area contributed by atoms with E-state index in [1.165, 1.54) is 0 Å². The van der Waals surface area contributed by atoms with Crippen LogP contribution in [0.1, 0.15) is 29.6 Å². The second-order valence-corrected chi connectivity index (χ2v) is 6.24. The summed E-state index contributed by atoms with van der Waals surface area (Å²) in [6.07, 6.45) is 3.01. The van der Waals surface area contributed by atoms with Crippen LogP contribution in [-0.2, 0) is 0 Å². The minimum Gasteiger partial charge on any atom is -0.493 e. The molecule has 0 spiro atoms. The molecule has 0 bridgehead atoms. The molecular formula is C21H25N4O2.